The molecule has 0 aliphatic rings. The summed E-state index contributed by atoms with van der Waals surface area (Å²) in [5.74, 6) is 0.773. The Balaban J connectivity index is 0. The van der Waals surface area contributed by atoms with E-state index in [1.165, 1.54) is 41.5 Å². The van der Waals surface area contributed by atoms with Gasteiger partial charge in [0.1, 0.15) is 5.69 Å². The minimum Gasteiger partial charge on any atom is -0.344 e. The van der Waals surface area contributed by atoms with Crippen LogP contribution in [0.1, 0.15) is 110 Å². The first-order chi connectivity index (χ1) is 20.2. The molecule has 4 aromatic rings. The van der Waals surface area contributed by atoms with Crippen molar-refractivity contribution in [2.45, 2.75) is 107 Å². The fourth-order valence-electron chi connectivity index (χ4n) is 3.98. The number of nitrogens with one attached hydrogen (secondary N) is 2. The molecule has 0 saturated heterocycles. The molecule has 44 heavy (non-hydrogen) atoms. The Morgan fingerprint density at radius 3 is 2.05 bits per heavy atom. The average Bonchev–Trinajstić information content (AvgIpc) is 2.94. The number of hydrogen-bond acceptors (Lipinski definition) is 2. The second kappa shape index (κ2) is 26.5. The summed E-state index contributed by atoms with van der Waals surface area (Å²) in [5, 5.41) is 6.48. The zero-order chi connectivity index (χ0) is 31.3. The molecule has 0 atom stereocenters. The minimum atomic E-state index is 0. The van der Waals surface area contributed by atoms with E-state index in [0.29, 0.717) is 0 Å². The molecule has 4 rings (SSSR count). The standard InChI is InChI=1S/C24H31N3.C6H6N.C5H11.C3H7.CH4.K/c1-5-7-8-12-19-16-20(14-15-21(19)17(3)10-6-2)23-24(27-26-23)22-13-9-11-18(4)25-22;1-6-4-2-3-5-7-6;1-4-5(2)3;1-3-2;;/h9,11,13-16,26-27H,3,5-8,10,12H2,1-2,4H3;2,4-5H,1H3;5H,1,4H2,2-3H3;1,3H2,2H3;1H4;/q;3*-1;;+1. The SMILES string of the molecule is C.C=C(CCC)c1ccc(-c2[nH][nH]c2-c2cccc(C)n2)cc1CCCCC.Cc1cc[c-]cn1.[CH2-]CC.[CH2-]CC(C)C.[K+]. The molecule has 4 nitrogen and oxygen atoms in total. The zero-order valence-corrected chi connectivity index (χ0v) is 31.6. The molecule has 0 unspecified atom stereocenters. The van der Waals surface area contributed by atoms with E-state index in [4.69, 9.17) is 0 Å². The van der Waals surface area contributed by atoms with Crippen LogP contribution in [0, 0.1) is 39.7 Å². The first-order valence-electron chi connectivity index (χ1n) is 15.6. The maximum Gasteiger partial charge on any atom is 1.00 e. The molecule has 238 valence electrons. The number of unbranched alkanes of at least 4 members (excludes halogenated alkanes) is 2. The van der Waals surface area contributed by atoms with Gasteiger partial charge in [0.15, 0.2) is 0 Å². The molecule has 0 spiro atoms. The molecule has 0 aliphatic heterocycles. The fourth-order valence-corrected chi connectivity index (χ4v) is 3.98. The van der Waals surface area contributed by atoms with Crippen LogP contribution < -0.4 is 51.4 Å². The molecule has 2 N–H and O–H groups in total. The predicted molar refractivity (Wildman–Crippen MR) is 191 cm³/mol. The van der Waals surface area contributed by atoms with E-state index < -0.39 is 0 Å². The molecule has 3 heterocycles. The summed E-state index contributed by atoms with van der Waals surface area (Å²) < 4.78 is 0. The van der Waals surface area contributed by atoms with E-state index in [1.54, 1.807) is 6.20 Å². The number of aryl methyl sites for hydroxylation is 3. The van der Waals surface area contributed by atoms with Gasteiger partial charge in [0, 0.05) is 11.3 Å². The van der Waals surface area contributed by atoms with Gasteiger partial charge in [0.25, 0.3) is 0 Å². The Morgan fingerprint density at radius 1 is 0.932 bits per heavy atom. The van der Waals surface area contributed by atoms with Gasteiger partial charge in [-0.15, -0.1) is 0 Å². The van der Waals surface area contributed by atoms with Crippen molar-refractivity contribution < 1.29 is 51.4 Å². The number of nitrogens with zero attached hydrogens (tertiary/aromatic N) is 2. The number of H-pyrrole nitrogens is 2. The van der Waals surface area contributed by atoms with Gasteiger partial charge < -0.3 is 18.8 Å². The number of aromatic amines is 2. The van der Waals surface area contributed by atoms with Crippen LogP contribution in [0.4, 0.5) is 0 Å². The number of pyridine rings is 2. The Kier molecular flexibility index (Phi) is 26.7. The molecule has 0 aliphatic carbocycles. The molecule has 1 aromatic carbocycles. The van der Waals surface area contributed by atoms with Crippen molar-refractivity contribution in [3.63, 3.8) is 0 Å². The van der Waals surface area contributed by atoms with Crippen LogP contribution in [0.3, 0.4) is 0 Å². The third kappa shape index (κ3) is 17.1. The summed E-state index contributed by atoms with van der Waals surface area (Å²) in [6.07, 6.45) is 10.8. The molecule has 5 heteroatoms. The summed E-state index contributed by atoms with van der Waals surface area (Å²) in [6.45, 7) is 26.3. The van der Waals surface area contributed by atoms with Crippen LogP contribution in [-0.2, 0) is 6.42 Å². The number of allylic oxidation sites excluding steroid dienone is 1. The normalized spacial score (nSPS) is 9.68. The summed E-state index contributed by atoms with van der Waals surface area (Å²) in [4.78, 5) is 8.57. The predicted octanol–water partition coefficient (Wildman–Crippen LogP) is 8.85. The van der Waals surface area contributed by atoms with Crippen LogP contribution in [0.5, 0.6) is 0 Å². The van der Waals surface area contributed by atoms with E-state index in [0.717, 1.165) is 66.5 Å². The number of aromatic nitrogens is 4. The number of hydrogen-bond donors (Lipinski definition) is 2. The molecule has 0 bridgehead atoms. The van der Waals surface area contributed by atoms with Gasteiger partial charge in [-0.1, -0.05) is 98.2 Å². The molecular formula is C39H59KN4-2. The quantitative estimate of drug-likeness (QED) is 0.105. The minimum absolute atomic E-state index is 0. The van der Waals surface area contributed by atoms with Gasteiger partial charge in [-0.25, -0.2) is 12.1 Å². The largest absolute Gasteiger partial charge is 1.00 e. The van der Waals surface area contributed by atoms with Crippen molar-refractivity contribution in [1.82, 2.24) is 20.2 Å². The van der Waals surface area contributed by atoms with Crippen molar-refractivity contribution in [2.24, 2.45) is 5.92 Å². The monoisotopic (exact) mass is 622 g/mol. The Bertz CT molecular complexity index is 1250. The van der Waals surface area contributed by atoms with Gasteiger partial charge in [0.2, 0.25) is 0 Å². The van der Waals surface area contributed by atoms with Gasteiger partial charge >= 0.3 is 51.4 Å². The van der Waals surface area contributed by atoms with E-state index in [2.05, 4.69) is 105 Å². The van der Waals surface area contributed by atoms with Gasteiger partial charge in [0.05, 0.1) is 11.4 Å². The average molecular weight is 623 g/mol. The molecule has 0 radical (unpaired) electrons. The second-order valence-corrected chi connectivity index (χ2v) is 10.9. The smallest absolute Gasteiger partial charge is 0.344 e. The molecule has 0 fully saturated rings. The Hall–Kier alpha value is -1.76. The second-order valence-electron chi connectivity index (χ2n) is 10.9. The third-order valence-corrected chi connectivity index (χ3v) is 6.42. The van der Waals surface area contributed by atoms with Gasteiger partial charge in [-0.05, 0) is 73.7 Å². The third-order valence-electron chi connectivity index (χ3n) is 6.42. The van der Waals surface area contributed by atoms with E-state index in [1.807, 2.05) is 39.0 Å². The van der Waals surface area contributed by atoms with Crippen molar-refractivity contribution >= 4 is 5.57 Å². The van der Waals surface area contributed by atoms with Gasteiger partial charge in [-0.2, -0.15) is 18.9 Å². The molecule has 0 saturated carbocycles. The number of rotatable bonds is 10. The zero-order valence-electron chi connectivity index (χ0n) is 28.4. The number of benzene rings is 1. The first kappa shape index (κ1) is 44.4. The van der Waals surface area contributed by atoms with Crippen molar-refractivity contribution in [1.29, 1.82) is 0 Å². The van der Waals surface area contributed by atoms with E-state index in [-0.39, 0.29) is 58.8 Å². The van der Waals surface area contributed by atoms with Crippen molar-refractivity contribution in [3.8, 4) is 22.6 Å². The van der Waals surface area contributed by atoms with Crippen LogP contribution in [0.25, 0.3) is 28.2 Å². The molecule has 3 aromatic heterocycles. The molecular weight excluding hydrogens is 564 g/mol. The van der Waals surface area contributed by atoms with Crippen LogP contribution in [0.2, 0.25) is 0 Å². The van der Waals surface area contributed by atoms with E-state index >= 15 is 0 Å². The Morgan fingerprint density at radius 2 is 1.59 bits per heavy atom. The fraction of sp³-hybridized carbons (Fsp3) is 0.436. The topological polar surface area (TPSA) is 57.4 Å². The van der Waals surface area contributed by atoms with E-state index in [9.17, 15) is 0 Å². The molecule has 0 amide bonds. The maximum atomic E-state index is 4.65. The summed E-state index contributed by atoms with van der Waals surface area (Å²) in [6, 6.07) is 19.5. The van der Waals surface area contributed by atoms with Crippen molar-refractivity contribution in [3.05, 3.63) is 104 Å². The van der Waals surface area contributed by atoms with Crippen molar-refractivity contribution in [2.75, 3.05) is 0 Å². The van der Waals surface area contributed by atoms with Gasteiger partial charge in [-0.3, -0.25) is 15.2 Å². The summed E-state index contributed by atoms with van der Waals surface area (Å²) >= 11 is 0. The van der Waals surface area contributed by atoms with Crippen LogP contribution in [0.15, 0.2) is 61.3 Å². The maximum absolute atomic E-state index is 4.65. The van der Waals surface area contributed by atoms with Crippen LogP contribution >= 0.6 is 0 Å². The Labute approximate surface area is 313 Å². The summed E-state index contributed by atoms with van der Waals surface area (Å²) in [7, 11) is 0. The first-order valence-corrected chi connectivity index (χ1v) is 15.6. The van der Waals surface area contributed by atoms with Crippen LogP contribution in [-0.4, -0.2) is 20.2 Å². The summed E-state index contributed by atoms with van der Waals surface area (Å²) in [5.41, 5.74) is 10.5.